The van der Waals surface area contributed by atoms with Crippen LogP contribution in [0.4, 0.5) is 0 Å². The standard InChI is InChI=1S/C16H14N2O4S/c1-21-10-6-5-9(8-11(10)22-2)13-14(12-4-3-7-23-12)16(20)18-17-15(13)19/h3-8H,1-2H3,(H,17,19)(H,18,20). The Kier molecular flexibility index (Phi) is 4.03. The third-order valence-electron chi connectivity index (χ3n) is 3.43. The third kappa shape index (κ3) is 2.66. The highest BCUT2D eigenvalue weighted by Gasteiger charge is 2.18. The van der Waals surface area contributed by atoms with Crippen LogP contribution in [0.15, 0.2) is 45.3 Å². The van der Waals surface area contributed by atoms with Gasteiger partial charge in [-0.2, -0.15) is 0 Å². The fourth-order valence-corrected chi connectivity index (χ4v) is 3.16. The minimum absolute atomic E-state index is 0.303. The molecule has 2 aromatic heterocycles. The van der Waals surface area contributed by atoms with Gasteiger partial charge < -0.3 is 9.47 Å². The molecule has 118 valence electrons. The van der Waals surface area contributed by atoms with Crippen molar-refractivity contribution in [3.63, 3.8) is 0 Å². The maximum atomic E-state index is 12.3. The largest absolute Gasteiger partial charge is 0.493 e. The Balaban J connectivity index is 2.31. The van der Waals surface area contributed by atoms with Crippen molar-refractivity contribution in [2.24, 2.45) is 0 Å². The normalized spacial score (nSPS) is 10.5. The Morgan fingerprint density at radius 1 is 0.913 bits per heavy atom. The summed E-state index contributed by atoms with van der Waals surface area (Å²) in [6.07, 6.45) is 0. The van der Waals surface area contributed by atoms with E-state index >= 15 is 0 Å². The van der Waals surface area contributed by atoms with Gasteiger partial charge in [0.15, 0.2) is 11.5 Å². The molecule has 0 radical (unpaired) electrons. The average Bonchev–Trinajstić information content (AvgIpc) is 3.10. The molecule has 23 heavy (non-hydrogen) atoms. The molecule has 0 spiro atoms. The second-order valence-corrected chi connectivity index (χ2v) is 5.65. The number of hydrogen-bond acceptors (Lipinski definition) is 5. The van der Waals surface area contributed by atoms with Gasteiger partial charge in [-0.05, 0) is 29.1 Å². The lowest BCUT2D eigenvalue weighted by Gasteiger charge is -2.11. The van der Waals surface area contributed by atoms with E-state index in [9.17, 15) is 9.59 Å². The Labute approximate surface area is 135 Å². The van der Waals surface area contributed by atoms with Gasteiger partial charge >= 0.3 is 0 Å². The number of aromatic nitrogens is 2. The average molecular weight is 330 g/mol. The van der Waals surface area contributed by atoms with Gasteiger partial charge in [0, 0.05) is 4.88 Å². The Morgan fingerprint density at radius 3 is 2.22 bits per heavy atom. The highest BCUT2D eigenvalue weighted by Crippen LogP contribution is 2.34. The first-order valence-electron chi connectivity index (χ1n) is 6.77. The first kappa shape index (κ1) is 15.1. The van der Waals surface area contributed by atoms with Gasteiger partial charge in [0.1, 0.15) is 0 Å². The lowest BCUT2D eigenvalue weighted by Crippen LogP contribution is -2.22. The summed E-state index contributed by atoms with van der Waals surface area (Å²) < 4.78 is 10.5. The molecule has 0 aliphatic rings. The van der Waals surface area contributed by atoms with E-state index < -0.39 is 0 Å². The Morgan fingerprint density at radius 2 is 1.61 bits per heavy atom. The van der Waals surface area contributed by atoms with Gasteiger partial charge in [-0.15, -0.1) is 11.3 Å². The summed E-state index contributed by atoms with van der Waals surface area (Å²) in [6.45, 7) is 0. The van der Waals surface area contributed by atoms with Crippen LogP contribution >= 0.6 is 11.3 Å². The molecule has 0 bridgehead atoms. The van der Waals surface area contributed by atoms with E-state index in [0.717, 1.165) is 4.88 Å². The first-order valence-corrected chi connectivity index (χ1v) is 7.65. The summed E-state index contributed by atoms with van der Waals surface area (Å²) in [5.74, 6) is 1.04. The molecule has 0 atom stereocenters. The Bertz CT molecular complexity index is 941. The summed E-state index contributed by atoms with van der Waals surface area (Å²) in [6, 6.07) is 8.74. The summed E-state index contributed by atoms with van der Waals surface area (Å²) >= 11 is 1.40. The van der Waals surface area contributed by atoms with Gasteiger partial charge in [-0.25, -0.2) is 0 Å². The van der Waals surface area contributed by atoms with Crippen LogP contribution in [0.2, 0.25) is 0 Å². The lowest BCUT2D eigenvalue weighted by molar-refractivity contribution is 0.355. The van der Waals surface area contributed by atoms with E-state index in [1.165, 1.54) is 25.6 Å². The zero-order valence-electron chi connectivity index (χ0n) is 12.5. The van der Waals surface area contributed by atoms with Crippen LogP contribution in [-0.2, 0) is 0 Å². The molecule has 0 aliphatic carbocycles. The highest BCUT2D eigenvalue weighted by atomic mass is 32.1. The van der Waals surface area contributed by atoms with Gasteiger partial charge in [0.25, 0.3) is 11.1 Å². The molecule has 0 unspecified atom stereocenters. The van der Waals surface area contributed by atoms with Gasteiger partial charge in [0.05, 0.1) is 25.3 Å². The molecular weight excluding hydrogens is 316 g/mol. The summed E-state index contributed by atoms with van der Waals surface area (Å²) in [5, 5.41) is 6.61. The lowest BCUT2D eigenvalue weighted by atomic mass is 10.0. The molecule has 3 rings (SSSR count). The van der Waals surface area contributed by atoms with E-state index in [4.69, 9.17) is 9.47 Å². The van der Waals surface area contributed by atoms with Crippen molar-refractivity contribution in [3.8, 4) is 33.1 Å². The number of ether oxygens (including phenoxy) is 2. The molecule has 7 heteroatoms. The molecule has 0 saturated heterocycles. The molecule has 3 aromatic rings. The number of hydrogen-bond donors (Lipinski definition) is 2. The monoisotopic (exact) mass is 330 g/mol. The van der Waals surface area contributed by atoms with Crippen LogP contribution in [0.5, 0.6) is 11.5 Å². The summed E-state index contributed by atoms with van der Waals surface area (Å²) in [4.78, 5) is 25.3. The molecule has 0 amide bonds. The number of nitrogens with one attached hydrogen (secondary N) is 2. The minimum atomic E-state index is -0.375. The Hall–Kier alpha value is -2.80. The predicted octanol–water partition coefficient (Wildman–Crippen LogP) is 2.48. The number of rotatable bonds is 4. The van der Waals surface area contributed by atoms with Crippen molar-refractivity contribution in [2.75, 3.05) is 14.2 Å². The topological polar surface area (TPSA) is 84.2 Å². The van der Waals surface area contributed by atoms with Crippen molar-refractivity contribution < 1.29 is 9.47 Å². The zero-order chi connectivity index (χ0) is 16.4. The van der Waals surface area contributed by atoms with Gasteiger partial charge in [0.2, 0.25) is 0 Å². The second-order valence-electron chi connectivity index (χ2n) is 4.71. The highest BCUT2D eigenvalue weighted by molar-refractivity contribution is 7.13. The second kappa shape index (κ2) is 6.13. The molecule has 1 aromatic carbocycles. The zero-order valence-corrected chi connectivity index (χ0v) is 13.3. The molecule has 0 aliphatic heterocycles. The maximum Gasteiger partial charge on any atom is 0.271 e. The molecule has 2 N–H and O–H groups in total. The number of thiophene rings is 1. The number of H-pyrrole nitrogens is 2. The van der Waals surface area contributed by atoms with Crippen LogP contribution in [0, 0.1) is 0 Å². The van der Waals surface area contributed by atoms with Crippen LogP contribution in [-0.4, -0.2) is 24.4 Å². The van der Waals surface area contributed by atoms with Crippen LogP contribution in [0.25, 0.3) is 21.6 Å². The van der Waals surface area contributed by atoms with Crippen LogP contribution in [0.1, 0.15) is 0 Å². The smallest absolute Gasteiger partial charge is 0.271 e. The quantitative estimate of drug-likeness (QED) is 0.770. The fraction of sp³-hybridized carbons (Fsp3) is 0.125. The first-order chi connectivity index (χ1) is 11.2. The van der Waals surface area contributed by atoms with Gasteiger partial charge in [-0.1, -0.05) is 12.1 Å². The van der Waals surface area contributed by atoms with Crippen molar-refractivity contribution in [1.29, 1.82) is 0 Å². The van der Waals surface area contributed by atoms with Crippen LogP contribution in [0.3, 0.4) is 0 Å². The maximum absolute atomic E-state index is 12.3. The molecule has 6 nitrogen and oxygen atoms in total. The van der Waals surface area contributed by atoms with Crippen LogP contribution < -0.4 is 20.6 Å². The molecule has 2 heterocycles. The van der Waals surface area contributed by atoms with E-state index in [-0.39, 0.29) is 11.1 Å². The van der Waals surface area contributed by atoms with Crippen molar-refractivity contribution in [2.45, 2.75) is 0 Å². The fourth-order valence-electron chi connectivity index (χ4n) is 2.39. The molecular formula is C16H14N2O4S. The number of aromatic amines is 2. The minimum Gasteiger partial charge on any atom is -0.493 e. The van der Waals surface area contributed by atoms with E-state index in [1.54, 1.807) is 24.3 Å². The number of benzene rings is 1. The van der Waals surface area contributed by atoms with E-state index in [1.807, 2.05) is 11.4 Å². The summed E-state index contributed by atoms with van der Waals surface area (Å²) in [7, 11) is 3.05. The molecule has 0 saturated carbocycles. The number of methoxy groups -OCH3 is 2. The van der Waals surface area contributed by atoms with Crippen molar-refractivity contribution in [1.82, 2.24) is 10.2 Å². The predicted molar refractivity (Wildman–Crippen MR) is 89.5 cm³/mol. The SMILES string of the molecule is COc1ccc(-c2c(-c3cccs3)c(=O)[nH][nH]c2=O)cc1OC. The third-order valence-corrected chi connectivity index (χ3v) is 4.32. The van der Waals surface area contributed by atoms with E-state index in [0.29, 0.717) is 28.2 Å². The van der Waals surface area contributed by atoms with E-state index in [2.05, 4.69) is 10.2 Å². The van der Waals surface area contributed by atoms with Gasteiger partial charge in [-0.3, -0.25) is 19.8 Å². The van der Waals surface area contributed by atoms with Crippen molar-refractivity contribution in [3.05, 3.63) is 56.4 Å². The molecule has 0 fully saturated rings. The van der Waals surface area contributed by atoms with Crippen molar-refractivity contribution >= 4 is 11.3 Å². The summed E-state index contributed by atoms with van der Waals surface area (Å²) in [5.41, 5.74) is 0.503.